The highest BCUT2D eigenvalue weighted by Gasteiger charge is 2.13. The molecule has 0 aliphatic carbocycles. The van der Waals surface area contributed by atoms with Gasteiger partial charge in [-0.2, -0.15) is 9.61 Å². The Balaban J connectivity index is 1.54. The van der Waals surface area contributed by atoms with Crippen LogP contribution in [0, 0.1) is 6.92 Å². The second kappa shape index (κ2) is 7.29. The highest BCUT2D eigenvalue weighted by molar-refractivity contribution is 5.66. The standard InChI is InChI=1S/C19H25N5O2/c1-13-9-17(18-22-21-12-24(18)23-13)20-10-15(25)11-26-16-7-5-14(6-8-16)19(2,3)4/h5-9,12,15,20,25H,10-11H2,1-4H3. The number of hydrogen-bond donors (Lipinski definition) is 2. The second-order valence-corrected chi connectivity index (χ2v) is 7.42. The zero-order valence-corrected chi connectivity index (χ0v) is 15.6. The predicted molar refractivity (Wildman–Crippen MR) is 101 cm³/mol. The molecule has 1 aromatic carbocycles. The summed E-state index contributed by atoms with van der Waals surface area (Å²) in [7, 11) is 0. The van der Waals surface area contributed by atoms with Gasteiger partial charge in [-0.05, 0) is 36.1 Å². The molecule has 0 saturated heterocycles. The molecule has 0 saturated carbocycles. The van der Waals surface area contributed by atoms with Gasteiger partial charge in [0.25, 0.3) is 0 Å². The fourth-order valence-electron chi connectivity index (χ4n) is 2.61. The smallest absolute Gasteiger partial charge is 0.200 e. The number of aliphatic hydroxyl groups is 1. The molecule has 2 aromatic heterocycles. The van der Waals surface area contributed by atoms with E-state index in [2.05, 4.69) is 53.5 Å². The summed E-state index contributed by atoms with van der Waals surface area (Å²) in [5, 5.41) is 25.6. The van der Waals surface area contributed by atoms with Crippen molar-refractivity contribution in [2.24, 2.45) is 0 Å². The van der Waals surface area contributed by atoms with Gasteiger partial charge >= 0.3 is 0 Å². The summed E-state index contributed by atoms with van der Waals surface area (Å²) in [6.45, 7) is 8.95. The SMILES string of the molecule is Cc1cc(NCC(O)COc2ccc(C(C)(C)C)cc2)c2nncn2n1. The fraction of sp³-hybridized carbons (Fsp3) is 0.421. The zero-order chi connectivity index (χ0) is 18.7. The Morgan fingerprint density at radius 3 is 2.65 bits per heavy atom. The van der Waals surface area contributed by atoms with Crippen LogP contribution in [-0.4, -0.2) is 44.2 Å². The van der Waals surface area contributed by atoms with Gasteiger partial charge < -0.3 is 15.2 Å². The Morgan fingerprint density at radius 2 is 1.96 bits per heavy atom. The lowest BCUT2D eigenvalue weighted by molar-refractivity contribution is 0.117. The van der Waals surface area contributed by atoms with E-state index in [0.29, 0.717) is 12.2 Å². The molecule has 2 N–H and O–H groups in total. The van der Waals surface area contributed by atoms with Crippen molar-refractivity contribution in [2.45, 2.75) is 39.2 Å². The maximum atomic E-state index is 10.2. The summed E-state index contributed by atoms with van der Waals surface area (Å²) in [6, 6.07) is 9.87. The molecule has 0 amide bonds. The lowest BCUT2D eigenvalue weighted by Gasteiger charge is -2.19. The largest absolute Gasteiger partial charge is 0.491 e. The van der Waals surface area contributed by atoms with E-state index in [1.54, 1.807) is 10.8 Å². The molecule has 2 heterocycles. The molecular formula is C19H25N5O2. The fourth-order valence-corrected chi connectivity index (χ4v) is 2.61. The number of aliphatic hydroxyl groups excluding tert-OH is 1. The maximum Gasteiger partial charge on any atom is 0.200 e. The molecule has 3 aromatic rings. The van der Waals surface area contributed by atoms with Crippen LogP contribution in [0.25, 0.3) is 5.65 Å². The van der Waals surface area contributed by atoms with Crippen LogP contribution in [0.1, 0.15) is 32.0 Å². The monoisotopic (exact) mass is 355 g/mol. The minimum absolute atomic E-state index is 0.109. The molecule has 7 heteroatoms. The molecular weight excluding hydrogens is 330 g/mol. The van der Waals surface area contributed by atoms with Crippen LogP contribution in [0.5, 0.6) is 5.75 Å². The average Bonchev–Trinajstić information content (AvgIpc) is 3.05. The summed E-state index contributed by atoms with van der Waals surface area (Å²) < 4.78 is 7.29. The lowest BCUT2D eigenvalue weighted by atomic mass is 9.87. The van der Waals surface area contributed by atoms with E-state index in [9.17, 15) is 5.11 Å². The van der Waals surface area contributed by atoms with E-state index < -0.39 is 6.10 Å². The third-order valence-corrected chi connectivity index (χ3v) is 4.08. The number of rotatable bonds is 6. The number of aromatic nitrogens is 4. The van der Waals surface area contributed by atoms with Gasteiger partial charge in [0, 0.05) is 6.54 Å². The van der Waals surface area contributed by atoms with E-state index in [0.717, 1.165) is 17.1 Å². The van der Waals surface area contributed by atoms with Crippen LogP contribution in [0.2, 0.25) is 0 Å². The minimum Gasteiger partial charge on any atom is -0.491 e. The highest BCUT2D eigenvalue weighted by atomic mass is 16.5. The normalized spacial score (nSPS) is 13.0. The van der Waals surface area contributed by atoms with E-state index in [1.165, 1.54) is 5.56 Å². The van der Waals surface area contributed by atoms with Gasteiger partial charge in [-0.3, -0.25) is 0 Å². The van der Waals surface area contributed by atoms with Crippen molar-refractivity contribution in [2.75, 3.05) is 18.5 Å². The molecule has 138 valence electrons. The van der Waals surface area contributed by atoms with Crippen molar-refractivity contribution in [3.63, 3.8) is 0 Å². The number of nitrogens with one attached hydrogen (secondary N) is 1. The summed E-state index contributed by atoms with van der Waals surface area (Å²) >= 11 is 0. The van der Waals surface area contributed by atoms with E-state index in [1.807, 2.05) is 25.1 Å². The maximum absolute atomic E-state index is 10.2. The number of ether oxygens (including phenoxy) is 1. The molecule has 7 nitrogen and oxygen atoms in total. The average molecular weight is 355 g/mol. The van der Waals surface area contributed by atoms with Crippen LogP contribution in [-0.2, 0) is 5.41 Å². The Kier molecular flexibility index (Phi) is 5.08. The Bertz CT molecular complexity index is 868. The van der Waals surface area contributed by atoms with Gasteiger partial charge in [0.2, 0.25) is 5.65 Å². The van der Waals surface area contributed by atoms with Crippen molar-refractivity contribution in [1.82, 2.24) is 19.8 Å². The summed E-state index contributed by atoms with van der Waals surface area (Å²) in [6.07, 6.45) is 0.891. The van der Waals surface area contributed by atoms with Crippen LogP contribution < -0.4 is 10.1 Å². The Labute approximate surface area is 153 Å². The molecule has 0 fully saturated rings. The van der Waals surface area contributed by atoms with Crippen LogP contribution in [0.4, 0.5) is 5.69 Å². The van der Waals surface area contributed by atoms with Gasteiger partial charge in [-0.15, -0.1) is 10.2 Å². The topological polar surface area (TPSA) is 84.6 Å². The van der Waals surface area contributed by atoms with Crippen LogP contribution in [0.15, 0.2) is 36.7 Å². The van der Waals surface area contributed by atoms with Gasteiger partial charge in [0.05, 0.1) is 11.4 Å². The van der Waals surface area contributed by atoms with Crippen LogP contribution >= 0.6 is 0 Å². The van der Waals surface area contributed by atoms with Crippen molar-refractivity contribution >= 4 is 11.3 Å². The molecule has 26 heavy (non-hydrogen) atoms. The summed E-state index contributed by atoms with van der Waals surface area (Å²) in [5.41, 5.74) is 3.60. The first-order valence-electron chi connectivity index (χ1n) is 8.66. The first-order valence-corrected chi connectivity index (χ1v) is 8.66. The molecule has 0 radical (unpaired) electrons. The third-order valence-electron chi connectivity index (χ3n) is 4.08. The predicted octanol–water partition coefficient (Wildman–Crippen LogP) is 2.58. The van der Waals surface area contributed by atoms with E-state index >= 15 is 0 Å². The van der Waals surface area contributed by atoms with Gasteiger partial charge in [0.1, 0.15) is 24.8 Å². The summed E-state index contributed by atoms with van der Waals surface area (Å²) in [5.74, 6) is 0.747. The number of benzene rings is 1. The second-order valence-electron chi connectivity index (χ2n) is 7.42. The highest BCUT2D eigenvalue weighted by Crippen LogP contribution is 2.24. The first kappa shape index (κ1) is 18.1. The zero-order valence-electron chi connectivity index (χ0n) is 15.6. The van der Waals surface area contributed by atoms with Gasteiger partial charge in [-0.1, -0.05) is 32.9 Å². The summed E-state index contributed by atoms with van der Waals surface area (Å²) in [4.78, 5) is 0. The quantitative estimate of drug-likeness (QED) is 0.707. The van der Waals surface area contributed by atoms with Crippen molar-refractivity contribution in [1.29, 1.82) is 0 Å². The molecule has 3 rings (SSSR count). The molecule has 1 atom stereocenters. The molecule has 0 aliphatic rings. The molecule has 1 unspecified atom stereocenters. The van der Waals surface area contributed by atoms with Crippen molar-refractivity contribution < 1.29 is 9.84 Å². The van der Waals surface area contributed by atoms with Crippen molar-refractivity contribution in [3.8, 4) is 5.75 Å². The Hall–Kier alpha value is -2.67. The van der Waals surface area contributed by atoms with E-state index in [-0.39, 0.29) is 12.0 Å². The number of hydrogen-bond acceptors (Lipinski definition) is 6. The van der Waals surface area contributed by atoms with Crippen LogP contribution in [0.3, 0.4) is 0 Å². The molecule has 0 aliphatic heterocycles. The first-order chi connectivity index (χ1) is 12.3. The number of nitrogens with zero attached hydrogens (tertiary/aromatic N) is 4. The molecule has 0 bridgehead atoms. The minimum atomic E-state index is -0.659. The Morgan fingerprint density at radius 1 is 1.23 bits per heavy atom. The number of fused-ring (bicyclic) bond motifs is 1. The van der Waals surface area contributed by atoms with Gasteiger partial charge in [0.15, 0.2) is 0 Å². The van der Waals surface area contributed by atoms with Gasteiger partial charge in [-0.25, -0.2) is 0 Å². The third kappa shape index (κ3) is 4.29. The van der Waals surface area contributed by atoms with E-state index in [4.69, 9.17) is 4.74 Å². The van der Waals surface area contributed by atoms with Crippen molar-refractivity contribution in [3.05, 3.63) is 47.9 Å². The molecule has 0 spiro atoms. The lowest BCUT2D eigenvalue weighted by Crippen LogP contribution is -2.26. The number of anilines is 1. The number of aryl methyl sites for hydroxylation is 1.